The third-order valence-corrected chi connectivity index (χ3v) is 4.95. The minimum absolute atomic E-state index is 0.169. The van der Waals surface area contributed by atoms with Gasteiger partial charge < -0.3 is 14.4 Å². The van der Waals surface area contributed by atoms with E-state index in [1.807, 2.05) is 18.2 Å². The third-order valence-electron chi connectivity index (χ3n) is 3.91. The fourth-order valence-corrected chi connectivity index (χ4v) is 3.65. The molecule has 1 amide bonds. The number of hydrogen-bond donors (Lipinski definition) is 0. The lowest BCUT2D eigenvalue weighted by atomic mass is 10.1. The second kappa shape index (κ2) is 7.08. The van der Waals surface area contributed by atoms with Gasteiger partial charge in [-0.3, -0.25) is 4.79 Å². The van der Waals surface area contributed by atoms with Gasteiger partial charge in [-0.05, 0) is 54.8 Å². The van der Waals surface area contributed by atoms with Gasteiger partial charge >= 0.3 is 0 Å². The number of amides is 1. The molecule has 1 saturated heterocycles. The second-order valence-corrected chi connectivity index (χ2v) is 6.51. The van der Waals surface area contributed by atoms with Crippen molar-refractivity contribution in [3.8, 4) is 11.5 Å². The fraction of sp³-hybridized carbons (Fsp3) is 0.412. The molecule has 0 saturated carbocycles. The monoisotopic (exact) mass is 332 g/mol. The van der Waals surface area contributed by atoms with Gasteiger partial charge in [-0.1, -0.05) is 0 Å². The summed E-state index contributed by atoms with van der Waals surface area (Å²) < 4.78 is 10.5. The van der Waals surface area contributed by atoms with Crippen molar-refractivity contribution in [3.05, 3.63) is 28.7 Å². The Morgan fingerprint density at radius 2 is 1.74 bits per heavy atom. The number of carbonyl (C=O) groups is 1. The van der Waals surface area contributed by atoms with Crippen LogP contribution in [-0.4, -0.2) is 43.3 Å². The number of nitrogens with zero attached hydrogens (tertiary/aromatic N) is 2. The smallest absolute Gasteiger partial charge is 0.286 e. The van der Waals surface area contributed by atoms with E-state index in [0.29, 0.717) is 16.4 Å². The summed E-state index contributed by atoms with van der Waals surface area (Å²) in [6.07, 6.45) is 5.44. The Balaban J connectivity index is 1.80. The predicted octanol–water partition coefficient (Wildman–Crippen LogP) is 3.16. The minimum atomic E-state index is -0.169. The summed E-state index contributed by atoms with van der Waals surface area (Å²) in [5.41, 5.74) is 0.868. The molecule has 0 aromatic heterocycles. The lowest BCUT2D eigenvalue weighted by molar-refractivity contribution is -0.113. The zero-order valence-corrected chi connectivity index (χ0v) is 14.2. The second-order valence-electron chi connectivity index (χ2n) is 5.50. The first kappa shape index (κ1) is 15.9. The molecule has 6 heteroatoms. The van der Waals surface area contributed by atoms with Crippen LogP contribution in [0, 0.1) is 0 Å². The lowest BCUT2D eigenvalue weighted by Crippen LogP contribution is -2.33. The van der Waals surface area contributed by atoms with Crippen LogP contribution in [0.15, 0.2) is 28.1 Å². The summed E-state index contributed by atoms with van der Waals surface area (Å²) in [6, 6.07) is 5.56. The Bertz CT molecular complexity index is 642. The lowest BCUT2D eigenvalue weighted by Gasteiger charge is -2.27. The molecule has 2 aliphatic heterocycles. The van der Waals surface area contributed by atoms with Crippen molar-refractivity contribution in [2.75, 3.05) is 27.3 Å². The molecule has 0 spiro atoms. The summed E-state index contributed by atoms with van der Waals surface area (Å²) >= 11 is 1.45. The molecule has 2 heterocycles. The number of rotatable bonds is 3. The highest BCUT2D eigenvalue weighted by atomic mass is 32.2. The highest BCUT2D eigenvalue weighted by Gasteiger charge is 2.26. The van der Waals surface area contributed by atoms with Crippen molar-refractivity contribution in [2.24, 2.45) is 4.99 Å². The molecule has 0 aliphatic carbocycles. The van der Waals surface area contributed by atoms with Gasteiger partial charge in [-0.2, -0.15) is 4.99 Å². The highest BCUT2D eigenvalue weighted by Crippen LogP contribution is 2.33. The number of piperidine rings is 1. The van der Waals surface area contributed by atoms with Crippen LogP contribution in [0.3, 0.4) is 0 Å². The molecule has 1 aromatic rings. The Labute approximate surface area is 140 Å². The molecule has 0 atom stereocenters. The number of ether oxygens (including phenoxy) is 2. The molecule has 3 rings (SSSR count). The van der Waals surface area contributed by atoms with E-state index in [1.165, 1.54) is 31.0 Å². The predicted molar refractivity (Wildman–Crippen MR) is 93.0 cm³/mol. The molecule has 1 fully saturated rings. The molecule has 0 N–H and O–H groups in total. The van der Waals surface area contributed by atoms with Gasteiger partial charge in [0.15, 0.2) is 5.17 Å². The summed E-state index contributed by atoms with van der Waals surface area (Å²) in [4.78, 5) is 19.2. The summed E-state index contributed by atoms with van der Waals surface area (Å²) in [5, 5.41) is 0.829. The highest BCUT2D eigenvalue weighted by molar-refractivity contribution is 8.18. The van der Waals surface area contributed by atoms with Crippen molar-refractivity contribution >= 4 is 28.9 Å². The molecule has 1 aromatic carbocycles. The first-order valence-electron chi connectivity index (χ1n) is 7.70. The van der Waals surface area contributed by atoms with Gasteiger partial charge in [0, 0.05) is 19.2 Å². The first-order valence-corrected chi connectivity index (χ1v) is 8.52. The maximum Gasteiger partial charge on any atom is 0.286 e. The Morgan fingerprint density at radius 1 is 1.09 bits per heavy atom. The zero-order valence-electron chi connectivity index (χ0n) is 13.4. The van der Waals surface area contributed by atoms with Crippen LogP contribution in [0.4, 0.5) is 0 Å². The fourth-order valence-electron chi connectivity index (χ4n) is 2.68. The van der Waals surface area contributed by atoms with Gasteiger partial charge in [0.1, 0.15) is 11.5 Å². The number of thioether (sulfide) groups is 1. The van der Waals surface area contributed by atoms with Gasteiger partial charge in [0.25, 0.3) is 5.91 Å². The van der Waals surface area contributed by atoms with E-state index in [0.717, 1.165) is 23.8 Å². The molecule has 2 aliphatic rings. The average Bonchev–Trinajstić information content (AvgIpc) is 2.96. The van der Waals surface area contributed by atoms with Gasteiger partial charge in [-0.25, -0.2) is 0 Å². The number of aliphatic imine (C=N–C) groups is 1. The van der Waals surface area contributed by atoms with Gasteiger partial charge in [0.05, 0.1) is 19.1 Å². The van der Waals surface area contributed by atoms with Crippen molar-refractivity contribution < 1.29 is 14.3 Å². The molecule has 23 heavy (non-hydrogen) atoms. The normalized spacial score (nSPS) is 19.9. The van der Waals surface area contributed by atoms with Crippen LogP contribution in [0.5, 0.6) is 11.5 Å². The third kappa shape index (κ3) is 3.69. The van der Waals surface area contributed by atoms with E-state index in [-0.39, 0.29) is 5.91 Å². The number of hydrogen-bond acceptors (Lipinski definition) is 5. The quantitative estimate of drug-likeness (QED) is 0.796. The zero-order chi connectivity index (χ0) is 16.2. The topological polar surface area (TPSA) is 51.1 Å². The largest absolute Gasteiger partial charge is 0.497 e. The van der Waals surface area contributed by atoms with E-state index in [4.69, 9.17) is 9.47 Å². The Morgan fingerprint density at radius 3 is 2.35 bits per heavy atom. The summed E-state index contributed by atoms with van der Waals surface area (Å²) in [7, 11) is 3.22. The van der Waals surface area contributed by atoms with Gasteiger partial charge in [-0.15, -0.1) is 0 Å². The molecule has 122 valence electrons. The summed E-state index contributed by atoms with van der Waals surface area (Å²) in [5.74, 6) is 1.23. The number of amidine groups is 1. The Kier molecular flexibility index (Phi) is 4.91. The van der Waals surface area contributed by atoms with Crippen molar-refractivity contribution in [3.63, 3.8) is 0 Å². The SMILES string of the molecule is COc1cc(/C=C2/SC(N3CCCCC3)=NC2=O)cc(OC)c1. The van der Waals surface area contributed by atoms with Crippen LogP contribution in [0.25, 0.3) is 6.08 Å². The maximum absolute atomic E-state index is 12.2. The van der Waals surface area contributed by atoms with Gasteiger partial charge in [0.2, 0.25) is 0 Å². The molecular formula is C17H20N2O3S. The average molecular weight is 332 g/mol. The summed E-state index contributed by atoms with van der Waals surface area (Å²) in [6.45, 7) is 1.97. The van der Waals surface area contributed by atoms with E-state index in [2.05, 4.69) is 9.89 Å². The standard InChI is InChI=1S/C17H20N2O3S/c1-21-13-8-12(9-14(11-13)22-2)10-15-16(20)18-17(23-15)19-6-4-3-5-7-19/h8-11H,3-7H2,1-2H3/b15-10+. The van der Waals surface area contributed by atoms with Crippen LogP contribution >= 0.6 is 11.8 Å². The van der Waals surface area contributed by atoms with Crippen LogP contribution in [0.2, 0.25) is 0 Å². The van der Waals surface area contributed by atoms with E-state index >= 15 is 0 Å². The number of carbonyl (C=O) groups excluding carboxylic acids is 1. The van der Waals surface area contributed by atoms with Crippen molar-refractivity contribution in [1.82, 2.24) is 4.90 Å². The maximum atomic E-state index is 12.2. The van der Waals surface area contributed by atoms with Crippen molar-refractivity contribution in [1.29, 1.82) is 0 Å². The number of methoxy groups -OCH3 is 2. The van der Waals surface area contributed by atoms with Crippen LogP contribution in [0.1, 0.15) is 24.8 Å². The molecule has 0 bridgehead atoms. The number of likely N-dealkylation sites (tertiary alicyclic amines) is 1. The van der Waals surface area contributed by atoms with Crippen LogP contribution in [-0.2, 0) is 4.79 Å². The van der Waals surface area contributed by atoms with E-state index in [9.17, 15) is 4.79 Å². The molecular weight excluding hydrogens is 312 g/mol. The minimum Gasteiger partial charge on any atom is -0.497 e. The van der Waals surface area contributed by atoms with E-state index < -0.39 is 0 Å². The first-order chi connectivity index (χ1) is 11.2. The number of benzene rings is 1. The Hall–Kier alpha value is -1.95. The van der Waals surface area contributed by atoms with Crippen LogP contribution < -0.4 is 9.47 Å². The van der Waals surface area contributed by atoms with E-state index in [1.54, 1.807) is 20.3 Å². The molecule has 5 nitrogen and oxygen atoms in total. The van der Waals surface area contributed by atoms with Crippen molar-refractivity contribution in [2.45, 2.75) is 19.3 Å². The molecule has 0 radical (unpaired) electrons. The molecule has 0 unspecified atom stereocenters.